The zero-order valence-electron chi connectivity index (χ0n) is 17.3. The number of thiazole rings is 1. The van der Waals surface area contributed by atoms with Gasteiger partial charge in [-0.2, -0.15) is 0 Å². The number of nitrogens with zero attached hydrogens (tertiary/aromatic N) is 2. The minimum absolute atomic E-state index is 0.215. The molecule has 7 nitrogen and oxygen atoms in total. The highest BCUT2D eigenvalue weighted by Crippen LogP contribution is 2.35. The molecular weight excluding hydrogens is 564 g/mol. The summed E-state index contributed by atoms with van der Waals surface area (Å²) in [4.78, 5) is 31.4. The number of carbonyl (C=O) groups is 1. The predicted octanol–water partition coefficient (Wildman–Crippen LogP) is 3.92. The minimum atomic E-state index is -0.696. The van der Waals surface area contributed by atoms with Gasteiger partial charge in [0.05, 0.1) is 40.0 Å². The quantitative estimate of drug-likeness (QED) is 0.426. The molecule has 2 aromatic heterocycles. The van der Waals surface area contributed by atoms with Gasteiger partial charge < -0.3 is 13.9 Å². The number of hydrogen-bond acceptors (Lipinski definition) is 7. The molecule has 1 atom stereocenters. The second-order valence-electron chi connectivity index (χ2n) is 6.84. The smallest absolute Gasteiger partial charge is 0.338 e. The molecule has 0 aliphatic carbocycles. The molecule has 166 valence electrons. The number of ether oxygens (including phenoxy) is 2. The van der Waals surface area contributed by atoms with E-state index in [9.17, 15) is 9.59 Å². The maximum absolute atomic E-state index is 13.5. The molecule has 1 aromatic carbocycles. The second-order valence-corrected chi connectivity index (χ2v) is 9.48. The molecule has 0 radical (unpaired) electrons. The van der Waals surface area contributed by atoms with Gasteiger partial charge >= 0.3 is 5.97 Å². The summed E-state index contributed by atoms with van der Waals surface area (Å²) >= 11 is 8.00. The number of fused-ring (bicyclic) bond motifs is 1. The summed E-state index contributed by atoms with van der Waals surface area (Å²) in [5.74, 6) is 0.671. The Balaban J connectivity index is 1.97. The van der Waals surface area contributed by atoms with E-state index in [1.807, 2.05) is 12.1 Å². The number of methoxy groups -OCH3 is 1. The van der Waals surface area contributed by atoms with Crippen LogP contribution in [0.1, 0.15) is 31.2 Å². The van der Waals surface area contributed by atoms with Crippen LogP contribution < -0.4 is 19.6 Å². The first kappa shape index (κ1) is 22.8. The Labute approximate surface area is 203 Å². The molecule has 0 amide bonds. The van der Waals surface area contributed by atoms with E-state index in [4.69, 9.17) is 13.9 Å². The number of carbonyl (C=O) groups excluding carboxylic acids is 1. The van der Waals surface area contributed by atoms with E-state index in [2.05, 4.69) is 36.9 Å². The molecule has 32 heavy (non-hydrogen) atoms. The third-order valence-electron chi connectivity index (χ3n) is 4.88. The van der Waals surface area contributed by atoms with Crippen molar-refractivity contribution in [3.63, 3.8) is 0 Å². The van der Waals surface area contributed by atoms with E-state index < -0.39 is 12.0 Å². The zero-order valence-corrected chi connectivity index (χ0v) is 21.3. The van der Waals surface area contributed by atoms with Crippen LogP contribution in [0, 0.1) is 0 Å². The molecule has 0 N–H and O–H groups in total. The first-order chi connectivity index (χ1) is 15.3. The van der Waals surface area contributed by atoms with Crippen molar-refractivity contribution >= 4 is 55.2 Å². The molecule has 1 aliphatic heterocycles. The van der Waals surface area contributed by atoms with Crippen molar-refractivity contribution in [2.75, 3.05) is 13.7 Å². The summed E-state index contributed by atoms with van der Waals surface area (Å²) in [6, 6.07) is 8.26. The third kappa shape index (κ3) is 4.14. The largest absolute Gasteiger partial charge is 0.496 e. The lowest BCUT2D eigenvalue weighted by molar-refractivity contribution is -0.139. The molecule has 0 bridgehead atoms. The summed E-state index contributed by atoms with van der Waals surface area (Å²) in [6.45, 7) is 3.70. The van der Waals surface area contributed by atoms with E-state index in [0.717, 1.165) is 5.56 Å². The molecule has 3 aromatic rings. The summed E-state index contributed by atoms with van der Waals surface area (Å²) in [6.07, 6.45) is 1.67. The van der Waals surface area contributed by atoms with Gasteiger partial charge in [-0.3, -0.25) is 9.36 Å². The molecule has 0 fully saturated rings. The van der Waals surface area contributed by atoms with Crippen molar-refractivity contribution in [2.24, 2.45) is 4.99 Å². The SMILES string of the molecule is CCOC(=O)C1=C(C)N=c2s/c(=C\c3ccc(Br)o3)c(=O)n2C1c1ccc(OC)c(Br)c1. The van der Waals surface area contributed by atoms with Gasteiger partial charge in [-0.15, -0.1) is 0 Å². The number of rotatable bonds is 5. The normalized spacial score (nSPS) is 16.0. The van der Waals surface area contributed by atoms with Crippen LogP contribution in [0.3, 0.4) is 0 Å². The van der Waals surface area contributed by atoms with Crippen molar-refractivity contribution in [3.05, 3.63) is 81.8 Å². The Morgan fingerprint density at radius 1 is 1.31 bits per heavy atom. The fraction of sp³-hybridized carbons (Fsp3) is 0.227. The predicted molar refractivity (Wildman–Crippen MR) is 128 cm³/mol. The highest BCUT2D eigenvalue weighted by molar-refractivity contribution is 9.10. The Morgan fingerprint density at radius 2 is 2.09 bits per heavy atom. The summed E-state index contributed by atoms with van der Waals surface area (Å²) < 4.78 is 19.4. The maximum Gasteiger partial charge on any atom is 0.338 e. The van der Waals surface area contributed by atoms with Crippen molar-refractivity contribution < 1.29 is 18.7 Å². The van der Waals surface area contributed by atoms with Gasteiger partial charge in [-0.1, -0.05) is 17.4 Å². The first-order valence-electron chi connectivity index (χ1n) is 9.62. The molecular formula is C22H18Br2N2O5S. The van der Waals surface area contributed by atoms with Gasteiger partial charge in [0.25, 0.3) is 5.56 Å². The van der Waals surface area contributed by atoms with E-state index in [0.29, 0.717) is 41.3 Å². The Hall–Kier alpha value is -2.43. The highest BCUT2D eigenvalue weighted by atomic mass is 79.9. The Bertz CT molecular complexity index is 1420. The number of furan rings is 1. The van der Waals surface area contributed by atoms with Gasteiger partial charge in [-0.25, -0.2) is 9.79 Å². The van der Waals surface area contributed by atoms with Crippen LogP contribution in [0.2, 0.25) is 0 Å². The van der Waals surface area contributed by atoms with Crippen molar-refractivity contribution in [3.8, 4) is 5.75 Å². The number of aromatic nitrogens is 1. The number of hydrogen-bond donors (Lipinski definition) is 0. The summed E-state index contributed by atoms with van der Waals surface area (Å²) in [7, 11) is 1.57. The monoisotopic (exact) mass is 580 g/mol. The molecule has 0 saturated heterocycles. The summed E-state index contributed by atoms with van der Waals surface area (Å²) in [5.41, 5.74) is 1.29. The molecule has 1 aliphatic rings. The molecule has 10 heteroatoms. The number of halogens is 2. The Morgan fingerprint density at radius 3 is 2.72 bits per heavy atom. The van der Waals surface area contributed by atoms with Crippen LogP contribution in [-0.2, 0) is 9.53 Å². The van der Waals surface area contributed by atoms with Crippen LogP contribution in [0.15, 0.2) is 64.9 Å². The second kappa shape index (κ2) is 9.21. The van der Waals surface area contributed by atoms with Crippen LogP contribution in [0.25, 0.3) is 6.08 Å². The van der Waals surface area contributed by atoms with Gasteiger partial charge in [0.2, 0.25) is 0 Å². The van der Waals surface area contributed by atoms with Crippen LogP contribution in [-0.4, -0.2) is 24.3 Å². The van der Waals surface area contributed by atoms with E-state index in [1.54, 1.807) is 45.2 Å². The first-order valence-corrected chi connectivity index (χ1v) is 12.0. The minimum Gasteiger partial charge on any atom is -0.496 e. The topological polar surface area (TPSA) is 83.0 Å². The van der Waals surface area contributed by atoms with E-state index in [1.165, 1.54) is 15.9 Å². The van der Waals surface area contributed by atoms with Gasteiger partial charge in [0.1, 0.15) is 11.5 Å². The third-order valence-corrected chi connectivity index (χ3v) is 6.90. The van der Waals surface area contributed by atoms with Crippen molar-refractivity contribution in [2.45, 2.75) is 19.9 Å². The fourth-order valence-corrected chi connectivity index (χ4v) is 5.40. The van der Waals surface area contributed by atoms with Crippen LogP contribution in [0.4, 0.5) is 0 Å². The lowest BCUT2D eigenvalue weighted by Gasteiger charge is -2.25. The average molecular weight is 582 g/mol. The lowest BCUT2D eigenvalue weighted by atomic mass is 9.96. The number of benzene rings is 1. The van der Waals surface area contributed by atoms with E-state index >= 15 is 0 Å². The highest BCUT2D eigenvalue weighted by Gasteiger charge is 2.33. The molecule has 4 rings (SSSR count). The van der Waals surface area contributed by atoms with Gasteiger partial charge in [-0.05, 0) is 75.5 Å². The maximum atomic E-state index is 13.5. The zero-order chi connectivity index (χ0) is 23.0. The molecule has 0 saturated carbocycles. The number of allylic oxidation sites excluding steroid dienone is 1. The van der Waals surface area contributed by atoms with Crippen molar-refractivity contribution in [1.82, 2.24) is 4.57 Å². The standard InChI is InChI=1S/C22H18Br2N2O5S/c1-4-30-21(28)18-11(2)25-22-26(19(18)12-5-7-15(29-3)14(23)9-12)20(27)16(32-22)10-13-6-8-17(24)31-13/h5-10,19H,4H2,1-3H3/b16-10-. The van der Waals surface area contributed by atoms with Crippen LogP contribution >= 0.6 is 43.2 Å². The lowest BCUT2D eigenvalue weighted by Crippen LogP contribution is -2.39. The van der Waals surface area contributed by atoms with Crippen molar-refractivity contribution in [1.29, 1.82) is 0 Å². The van der Waals surface area contributed by atoms with E-state index in [-0.39, 0.29) is 12.2 Å². The van der Waals surface area contributed by atoms with Gasteiger partial charge in [0, 0.05) is 6.08 Å². The molecule has 1 unspecified atom stereocenters. The fourth-order valence-electron chi connectivity index (χ4n) is 3.49. The Kier molecular flexibility index (Phi) is 6.55. The molecule has 3 heterocycles. The van der Waals surface area contributed by atoms with Crippen LogP contribution in [0.5, 0.6) is 5.75 Å². The number of esters is 1. The van der Waals surface area contributed by atoms with Gasteiger partial charge in [0.15, 0.2) is 9.47 Å². The average Bonchev–Trinajstić information content (AvgIpc) is 3.29. The molecule has 0 spiro atoms. The summed E-state index contributed by atoms with van der Waals surface area (Å²) in [5, 5.41) is 0.